The minimum Gasteiger partial charge on any atom is -0.462 e. The molecule has 1 heterocycles. The van der Waals surface area contributed by atoms with Gasteiger partial charge in [0.05, 0.1) is 13.2 Å². The first-order chi connectivity index (χ1) is 22.8. The summed E-state index contributed by atoms with van der Waals surface area (Å²) in [7, 11) is 0. The Morgan fingerprint density at radius 2 is 1.19 bits per heavy atom. The Labute approximate surface area is 283 Å². The van der Waals surface area contributed by atoms with E-state index in [-0.39, 0.29) is 26.1 Å². The lowest BCUT2D eigenvalue weighted by Gasteiger charge is -2.39. The third-order valence-corrected chi connectivity index (χ3v) is 8.03. The highest BCUT2D eigenvalue weighted by Crippen LogP contribution is 2.22. The van der Waals surface area contributed by atoms with Gasteiger partial charge >= 0.3 is 11.9 Å². The van der Waals surface area contributed by atoms with Gasteiger partial charge in [0, 0.05) is 12.8 Å². The molecule has 272 valence electrons. The molecule has 0 aromatic heterocycles. The van der Waals surface area contributed by atoms with Crippen molar-refractivity contribution in [3.8, 4) is 0 Å². The van der Waals surface area contributed by atoms with Crippen molar-refractivity contribution in [2.75, 3.05) is 19.8 Å². The highest BCUT2D eigenvalue weighted by Gasteiger charge is 2.44. The molecule has 47 heavy (non-hydrogen) atoms. The Kier molecular flexibility index (Phi) is 26.4. The maximum Gasteiger partial charge on any atom is 0.306 e. The number of aliphatic hydroxyl groups is 4. The van der Waals surface area contributed by atoms with E-state index >= 15 is 0 Å². The molecule has 0 bridgehead atoms. The van der Waals surface area contributed by atoms with E-state index in [4.69, 9.17) is 18.9 Å². The molecule has 0 amide bonds. The van der Waals surface area contributed by atoms with Crippen LogP contribution < -0.4 is 0 Å². The molecule has 6 unspecified atom stereocenters. The fourth-order valence-electron chi connectivity index (χ4n) is 5.07. The van der Waals surface area contributed by atoms with Gasteiger partial charge in [-0.3, -0.25) is 9.59 Å². The van der Waals surface area contributed by atoms with Gasteiger partial charge in [-0.05, 0) is 51.4 Å². The number of rotatable bonds is 28. The van der Waals surface area contributed by atoms with Gasteiger partial charge in [0.15, 0.2) is 12.4 Å². The number of hydrogen-bond donors (Lipinski definition) is 4. The van der Waals surface area contributed by atoms with Gasteiger partial charge in [-0.25, -0.2) is 0 Å². The van der Waals surface area contributed by atoms with E-state index in [0.717, 1.165) is 64.2 Å². The molecule has 1 fully saturated rings. The van der Waals surface area contributed by atoms with Gasteiger partial charge in [-0.1, -0.05) is 102 Å². The zero-order valence-electron chi connectivity index (χ0n) is 29.0. The maximum atomic E-state index is 12.6. The third-order valence-electron chi connectivity index (χ3n) is 8.03. The molecule has 0 radical (unpaired) electrons. The summed E-state index contributed by atoms with van der Waals surface area (Å²) in [6, 6.07) is 0. The molecule has 0 aliphatic carbocycles. The summed E-state index contributed by atoms with van der Waals surface area (Å²) in [4.78, 5) is 24.7. The van der Waals surface area contributed by atoms with Gasteiger partial charge in [-0.15, -0.1) is 0 Å². The summed E-state index contributed by atoms with van der Waals surface area (Å²) in [5, 5.41) is 39.6. The van der Waals surface area contributed by atoms with Crippen LogP contribution in [0.5, 0.6) is 0 Å². The van der Waals surface area contributed by atoms with Gasteiger partial charge in [0.1, 0.15) is 31.0 Å². The van der Waals surface area contributed by atoms with Crippen LogP contribution in [-0.2, 0) is 28.5 Å². The molecule has 10 nitrogen and oxygen atoms in total. The average molecular weight is 669 g/mol. The van der Waals surface area contributed by atoms with Gasteiger partial charge < -0.3 is 39.4 Å². The Balaban J connectivity index is 2.29. The number of ether oxygens (including phenoxy) is 4. The Hall–Kier alpha value is -2.08. The fourth-order valence-corrected chi connectivity index (χ4v) is 5.07. The van der Waals surface area contributed by atoms with Crippen LogP contribution in [-0.4, -0.2) is 89.0 Å². The lowest BCUT2D eigenvalue weighted by atomic mass is 9.99. The normalized spacial score (nSPS) is 22.4. The summed E-state index contributed by atoms with van der Waals surface area (Å²) in [5.41, 5.74) is 0. The number of hydrogen-bond acceptors (Lipinski definition) is 10. The minimum absolute atomic E-state index is 0.214. The predicted molar refractivity (Wildman–Crippen MR) is 182 cm³/mol. The molecule has 0 saturated carbocycles. The Morgan fingerprint density at radius 1 is 0.660 bits per heavy atom. The quantitative estimate of drug-likeness (QED) is 0.0445. The summed E-state index contributed by atoms with van der Waals surface area (Å²) in [6.07, 6.45) is 22.4. The molecule has 1 saturated heterocycles. The van der Waals surface area contributed by atoms with Crippen LogP contribution in [0.4, 0.5) is 0 Å². The Bertz CT molecular complexity index is 871. The second-order valence-corrected chi connectivity index (χ2v) is 12.3. The summed E-state index contributed by atoms with van der Waals surface area (Å²) in [5.74, 6) is -0.854. The van der Waals surface area contributed by atoms with Crippen molar-refractivity contribution >= 4 is 11.9 Å². The van der Waals surface area contributed by atoms with Crippen LogP contribution in [0.3, 0.4) is 0 Å². The standard InChI is InChI=1S/C37H64O10/c1-3-5-7-8-9-10-11-12-13-14-15-16-17-18-19-20-21-22-24-26-33(40)46-30(28-44-32(39)25-23-6-4-2)29-45-37-36(43)35(42)34(41)31(27-38)47-37/h9-10,12-13,15-16,30-31,34-38,41-43H,3-8,11,14,17-29H2,1-2H3/b10-9-,13-12-,16-15-. The van der Waals surface area contributed by atoms with Crippen molar-refractivity contribution in [3.05, 3.63) is 36.5 Å². The van der Waals surface area contributed by atoms with Crippen molar-refractivity contribution in [2.24, 2.45) is 0 Å². The molecule has 10 heteroatoms. The van der Waals surface area contributed by atoms with Gasteiger partial charge in [0.25, 0.3) is 0 Å². The second-order valence-electron chi connectivity index (χ2n) is 12.3. The van der Waals surface area contributed by atoms with Crippen LogP contribution in [0.15, 0.2) is 36.5 Å². The summed E-state index contributed by atoms with van der Waals surface area (Å²) >= 11 is 0. The second kappa shape index (κ2) is 28.9. The average Bonchev–Trinajstić information content (AvgIpc) is 3.06. The van der Waals surface area contributed by atoms with Crippen LogP contribution in [0.1, 0.15) is 129 Å². The summed E-state index contributed by atoms with van der Waals surface area (Å²) in [6.45, 7) is 3.16. The van der Waals surface area contributed by atoms with Crippen LogP contribution in [0, 0.1) is 0 Å². The number of esters is 2. The molecule has 1 aliphatic rings. The van der Waals surface area contributed by atoms with Gasteiger partial charge in [0.2, 0.25) is 0 Å². The van der Waals surface area contributed by atoms with Crippen LogP contribution in [0.25, 0.3) is 0 Å². The number of aliphatic hydroxyl groups excluding tert-OH is 4. The van der Waals surface area contributed by atoms with Crippen LogP contribution in [0.2, 0.25) is 0 Å². The van der Waals surface area contributed by atoms with Crippen molar-refractivity contribution in [1.82, 2.24) is 0 Å². The number of unbranched alkanes of at least 4 members (excludes halogenated alkanes) is 11. The zero-order valence-corrected chi connectivity index (χ0v) is 29.0. The first kappa shape index (κ1) is 42.9. The molecule has 4 N–H and O–H groups in total. The number of carbonyl (C=O) groups excluding carboxylic acids is 2. The van der Waals surface area contributed by atoms with Crippen molar-refractivity contribution < 1.29 is 49.0 Å². The van der Waals surface area contributed by atoms with E-state index < -0.39 is 55.4 Å². The van der Waals surface area contributed by atoms with E-state index in [1.54, 1.807) is 0 Å². The van der Waals surface area contributed by atoms with E-state index in [1.165, 1.54) is 25.7 Å². The molecule has 1 aliphatic heterocycles. The summed E-state index contributed by atoms with van der Waals surface area (Å²) < 4.78 is 21.8. The zero-order chi connectivity index (χ0) is 34.5. The largest absolute Gasteiger partial charge is 0.462 e. The first-order valence-corrected chi connectivity index (χ1v) is 18.1. The fraction of sp³-hybridized carbons (Fsp3) is 0.784. The lowest BCUT2D eigenvalue weighted by molar-refractivity contribution is -0.305. The lowest BCUT2D eigenvalue weighted by Crippen LogP contribution is -2.59. The van der Waals surface area contributed by atoms with E-state index in [0.29, 0.717) is 12.8 Å². The molecular formula is C37H64O10. The van der Waals surface area contributed by atoms with E-state index in [1.807, 2.05) is 6.92 Å². The molecule has 0 aromatic carbocycles. The monoisotopic (exact) mass is 668 g/mol. The third kappa shape index (κ3) is 21.5. The van der Waals surface area contributed by atoms with Crippen molar-refractivity contribution in [3.63, 3.8) is 0 Å². The smallest absolute Gasteiger partial charge is 0.306 e. The van der Waals surface area contributed by atoms with Crippen LogP contribution >= 0.6 is 0 Å². The number of allylic oxidation sites excluding steroid dienone is 6. The molecule has 0 aromatic rings. The predicted octanol–water partition coefficient (Wildman–Crippen LogP) is 5.99. The minimum atomic E-state index is -1.59. The molecular weight excluding hydrogens is 604 g/mol. The van der Waals surface area contributed by atoms with Crippen molar-refractivity contribution in [2.45, 2.75) is 166 Å². The highest BCUT2D eigenvalue weighted by molar-refractivity contribution is 5.70. The number of carbonyl (C=O) groups is 2. The van der Waals surface area contributed by atoms with Crippen molar-refractivity contribution in [1.29, 1.82) is 0 Å². The molecule has 1 rings (SSSR count). The maximum absolute atomic E-state index is 12.6. The molecule has 0 spiro atoms. The highest BCUT2D eigenvalue weighted by atomic mass is 16.7. The van der Waals surface area contributed by atoms with Gasteiger partial charge in [-0.2, -0.15) is 0 Å². The molecule has 6 atom stereocenters. The Morgan fingerprint density at radius 3 is 1.83 bits per heavy atom. The van der Waals surface area contributed by atoms with E-state index in [2.05, 4.69) is 43.4 Å². The van der Waals surface area contributed by atoms with E-state index in [9.17, 15) is 30.0 Å². The topological polar surface area (TPSA) is 152 Å². The first-order valence-electron chi connectivity index (χ1n) is 18.1. The SMILES string of the molecule is CCCCC/C=C\C/C=C\C/C=C\CCCCCCCCC(=O)OC(COC(=O)CCCCC)COC1OC(CO)C(O)C(O)C1O.